The molecule has 1 atom stereocenters. The van der Waals surface area contributed by atoms with Crippen molar-refractivity contribution < 1.29 is 18.9 Å². The molecule has 1 heterocycles. The van der Waals surface area contributed by atoms with E-state index >= 15 is 0 Å². The average Bonchev–Trinajstić information content (AvgIpc) is 2.45. The molecular formula is C14H21NO4. The average molecular weight is 267 g/mol. The lowest BCUT2D eigenvalue weighted by molar-refractivity contribution is 0.162. The molecule has 0 bridgehead atoms. The largest absolute Gasteiger partial charge is 0.493 e. The molecule has 0 spiro atoms. The van der Waals surface area contributed by atoms with Crippen molar-refractivity contribution in [1.82, 2.24) is 5.32 Å². The standard InChI is InChI=1S/C14H21NO4/c1-16-8-10-12-9(5-6-15-10)7-11(17-2)13(18-3)14(12)19-4/h7,10,15H,5-6,8H2,1-4H3. The fourth-order valence-corrected chi connectivity index (χ4v) is 2.61. The van der Waals surface area contributed by atoms with Crippen LogP contribution in [0.2, 0.25) is 0 Å². The molecule has 19 heavy (non-hydrogen) atoms. The van der Waals surface area contributed by atoms with Crippen LogP contribution in [0.4, 0.5) is 0 Å². The van der Waals surface area contributed by atoms with Crippen LogP contribution in [0, 0.1) is 0 Å². The molecular weight excluding hydrogens is 246 g/mol. The highest BCUT2D eigenvalue weighted by molar-refractivity contribution is 5.60. The van der Waals surface area contributed by atoms with E-state index in [9.17, 15) is 0 Å². The Morgan fingerprint density at radius 1 is 1.11 bits per heavy atom. The zero-order chi connectivity index (χ0) is 13.8. The maximum Gasteiger partial charge on any atom is 0.203 e. The molecule has 0 saturated heterocycles. The molecule has 0 amide bonds. The quantitative estimate of drug-likeness (QED) is 0.877. The lowest BCUT2D eigenvalue weighted by Gasteiger charge is -2.29. The van der Waals surface area contributed by atoms with Gasteiger partial charge in [-0.15, -0.1) is 0 Å². The summed E-state index contributed by atoms with van der Waals surface area (Å²) in [4.78, 5) is 0. The number of benzene rings is 1. The smallest absolute Gasteiger partial charge is 0.203 e. The Morgan fingerprint density at radius 3 is 2.42 bits per heavy atom. The van der Waals surface area contributed by atoms with E-state index in [1.807, 2.05) is 6.07 Å². The molecule has 0 radical (unpaired) electrons. The van der Waals surface area contributed by atoms with Gasteiger partial charge in [-0.25, -0.2) is 0 Å². The second-order valence-corrected chi connectivity index (χ2v) is 4.43. The van der Waals surface area contributed by atoms with Crippen LogP contribution in [0.25, 0.3) is 0 Å². The minimum Gasteiger partial charge on any atom is -0.493 e. The van der Waals surface area contributed by atoms with E-state index in [-0.39, 0.29) is 6.04 Å². The van der Waals surface area contributed by atoms with Gasteiger partial charge in [-0.1, -0.05) is 0 Å². The molecule has 0 fully saturated rings. The monoisotopic (exact) mass is 267 g/mol. The number of fused-ring (bicyclic) bond motifs is 1. The summed E-state index contributed by atoms with van der Waals surface area (Å²) in [5.41, 5.74) is 2.32. The van der Waals surface area contributed by atoms with Crippen molar-refractivity contribution in [2.75, 3.05) is 41.6 Å². The Kier molecular flexibility index (Phi) is 4.50. The van der Waals surface area contributed by atoms with Gasteiger partial charge in [0.05, 0.1) is 34.0 Å². The predicted molar refractivity (Wildman–Crippen MR) is 72.4 cm³/mol. The second-order valence-electron chi connectivity index (χ2n) is 4.43. The lowest BCUT2D eigenvalue weighted by Crippen LogP contribution is -2.33. The molecule has 1 unspecified atom stereocenters. The number of nitrogens with one attached hydrogen (secondary N) is 1. The van der Waals surface area contributed by atoms with Crippen LogP contribution >= 0.6 is 0 Å². The van der Waals surface area contributed by atoms with Crippen molar-refractivity contribution in [1.29, 1.82) is 0 Å². The molecule has 1 aromatic rings. The van der Waals surface area contributed by atoms with E-state index in [0.29, 0.717) is 18.1 Å². The van der Waals surface area contributed by atoms with E-state index in [4.69, 9.17) is 18.9 Å². The minimum atomic E-state index is 0.114. The fraction of sp³-hybridized carbons (Fsp3) is 0.571. The summed E-state index contributed by atoms with van der Waals surface area (Å²) in [6.45, 7) is 1.51. The van der Waals surface area contributed by atoms with E-state index in [1.165, 1.54) is 5.56 Å². The van der Waals surface area contributed by atoms with Gasteiger partial charge in [-0.3, -0.25) is 0 Å². The van der Waals surface area contributed by atoms with E-state index in [1.54, 1.807) is 28.4 Å². The van der Waals surface area contributed by atoms with Crippen LogP contribution in [0.15, 0.2) is 6.07 Å². The van der Waals surface area contributed by atoms with Gasteiger partial charge in [-0.05, 0) is 24.6 Å². The molecule has 0 saturated carbocycles. The van der Waals surface area contributed by atoms with Crippen LogP contribution in [-0.2, 0) is 11.2 Å². The molecule has 1 N–H and O–H groups in total. The molecule has 5 heteroatoms. The Labute approximate surface area is 113 Å². The van der Waals surface area contributed by atoms with Crippen molar-refractivity contribution in [3.63, 3.8) is 0 Å². The number of rotatable bonds is 5. The van der Waals surface area contributed by atoms with Gasteiger partial charge < -0.3 is 24.3 Å². The molecule has 0 aliphatic carbocycles. The van der Waals surface area contributed by atoms with Crippen LogP contribution in [0.1, 0.15) is 17.2 Å². The fourth-order valence-electron chi connectivity index (χ4n) is 2.61. The molecule has 106 valence electrons. The zero-order valence-electron chi connectivity index (χ0n) is 11.9. The highest BCUT2D eigenvalue weighted by Gasteiger charge is 2.28. The number of hydrogen-bond acceptors (Lipinski definition) is 5. The van der Waals surface area contributed by atoms with Crippen molar-refractivity contribution >= 4 is 0 Å². The summed E-state index contributed by atoms with van der Waals surface area (Å²) < 4.78 is 21.6. The third-order valence-corrected chi connectivity index (χ3v) is 3.42. The van der Waals surface area contributed by atoms with Gasteiger partial charge in [0.2, 0.25) is 5.75 Å². The molecule has 5 nitrogen and oxygen atoms in total. The van der Waals surface area contributed by atoms with Crippen molar-refractivity contribution in [3.05, 3.63) is 17.2 Å². The molecule has 1 aliphatic heterocycles. The number of hydrogen-bond donors (Lipinski definition) is 1. The van der Waals surface area contributed by atoms with Gasteiger partial charge in [0, 0.05) is 12.7 Å². The van der Waals surface area contributed by atoms with Crippen molar-refractivity contribution in [2.24, 2.45) is 0 Å². The molecule has 1 aromatic carbocycles. The Hall–Kier alpha value is -1.46. The van der Waals surface area contributed by atoms with Gasteiger partial charge in [0.15, 0.2) is 11.5 Å². The summed E-state index contributed by atoms with van der Waals surface area (Å²) in [7, 11) is 6.60. The van der Waals surface area contributed by atoms with Crippen LogP contribution in [-0.4, -0.2) is 41.6 Å². The summed E-state index contributed by atoms with van der Waals surface area (Å²) >= 11 is 0. The Balaban J connectivity index is 2.58. The van der Waals surface area contributed by atoms with Crippen molar-refractivity contribution in [2.45, 2.75) is 12.5 Å². The molecule has 0 aromatic heterocycles. The summed E-state index contributed by atoms with van der Waals surface area (Å²) in [6, 6.07) is 2.14. The maximum absolute atomic E-state index is 5.55. The second kappa shape index (κ2) is 6.12. The normalized spacial score (nSPS) is 17.8. The molecule has 1 aliphatic rings. The topological polar surface area (TPSA) is 49.0 Å². The first-order valence-electron chi connectivity index (χ1n) is 6.30. The maximum atomic E-state index is 5.55. The zero-order valence-corrected chi connectivity index (χ0v) is 11.9. The summed E-state index contributed by atoms with van der Waals surface area (Å²) in [5.74, 6) is 2.07. The summed E-state index contributed by atoms with van der Waals surface area (Å²) in [6.07, 6.45) is 0.937. The predicted octanol–water partition coefficient (Wildman–Crippen LogP) is 1.55. The number of ether oxygens (including phenoxy) is 4. The van der Waals surface area contributed by atoms with Gasteiger partial charge in [-0.2, -0.15) is 0 Å². The highest BCUT2D eigenvalue weighted by atomic mass is 16.5. The van der Waals surface area contributed by atoms with Crippen molar-refractivity contribution in [3.8, 4) is 17.2 Å². The van der Waals surface area contributed by atoms with Gasteiger partial charge in [0.1, 0.15) is 0 Å². The van der Waals surface area contributed by atoms with Crippen LogP contribution in [0.3, 0.4) is 0 Å². The number of methoxy groups -OCH3 is 4. The third kappa shape index (κ3) is 2.48. The summed E-state index contributed by atoms with van der Waals surface area (Å²) in [5, 5.41) is 3.44. The Morgan fingerprint density at radius 2 is 1.84 bits per heavy atom. The first-order chi connectivity index (χ1) is 9.26. The van der Waals surface area contributed by atoms with E-state index in [0.717, 1.165) is 24.3 Å². The third-order valence-electron chi connectivity index (χ3n) is 3.42. The van der Waals surface area contributed by atoms with E-state index in [2.05, 4.69) is 5.32 Å². The Bertz CT molecular complexity index is 448. The first kappa shape index (κ1) is 14.0. The minimum absolute atomic E-state index is 0.114. The van der Waals surface area contributed by atoms with Crippen LogP contribution < -0.4 is 19.5 Å². The van der Waals surface area contributed by atoms with Crippen LogP contribution in [0.5, 0.6) is 17.2 Å². The first-order valence-corrected chi connectivity index (χ1v) is 6.30. The van der Waals surface area contributed by atoms with Gasteiger partial charge >= 0.3 is 0 Å². The van der Waals surface area contributed by atoms with Gasteiger partial charge in [0.25, 0.3) is 0 Å². The lowest BCUT2D eigenvalue weighted by atomic mass is 9.92. The highest BCUT2D eigenvalue weighted by Crippen LogP contribution is 2.45. The molecule has 2 rings (SSSR count). The SMILES string of the molecule is COCC1NCCc2cc(OC)c(OC)c(OC)c21. The van der Waals surface area contributed by atoms with E-state index < -0.39 is 0 Å².